The third-order valence-corrected chi connectivity index (χ3v) is 9.93. The third kappa shape index (κ3) is 6.48. The van der Waals surface area contributed by atoms with Crippen LogP contribution in [-0.4, -0.2) is 97.2 Å². The van der Waals surface area contributed by atoms with Gasteiger partial charge in [-0.3, -0.25) is 19.6 Å². The number of rotatable bonds is 9. The fourth-order valence-corrected chi connectivity index (χ4v) is 6.85. The van der Waals surface area contributed by atoms with Gasteiger partial charge in [0, 0.05) is 74.4 Å². The molecule has 2 N–H and O–H groups in total. The van der Waals surface area contributed by atoms with Gasteiger partial charge in [-0.05, 0) is 73.7 Å². The number of carbonyl (C=O) groups is 2. The Balaban J connectivity index is 0.900. The lowest BCUT2D eigenvalue weighted by atomic mass is 9.97. The van der Waals surface area contributed by atoms with Crippen molar-refractivity contribution in [3.63, 3.8) is 0 Å². The summed E-state index contributed by atoms with van der Waals surface area (Å²) < 4.78 is 35.9. The molecule has 0 spiro atoms. The van der Waals surface area contributed by atoms with Crippen molar-refractivity contribution in [2.24, 2.45) is 0 Å². The molecule has 5 heterocycles. The Hall–Kier alpha value is -5.47. The second kappa shape index (κ2) is 13.3. The first-order valence-corrected chi connectivity index (χ1v) is 16.9. The highest BCUT2D eigenvalue weighted by Gasteiger charge is 2.45. The summed E-state index contributed by atoms with van der Waals surface area (Å²) in [6.07, 6.45) is 9.43. The molecule has 8 rings (SSSR count). The van der Waals surface area contributed by atoms with Crippen molar-refractivity contribution in [1.82, 2.24) is 39.9 Å². The first-order valence-electron chi connectivity index (χ1n) is 16.9. The van der Waals surface area contributed by atoms with Gasteiger partial charge < -0.3 is 15.0 Å². The number of methoxy groups -OCH3 is 1. The average molecular weight is 692 g/mol. The van der Waals surface area contributed by atoms with Crippen LogP contribution in [0.1, 0.15) is 43.0 Å². The molecular weight excluding hydrogens is 656 g/mol. The molecule has 5 aromatic rings. The number of nitrogens with one attached hydrogen (secondary N) is 2. The van der Waals surface area contributed by atoms with E-state index in [9.17, 15) is 14.0 Å². The molecular formula is C37H35F2N9O3. The quantitative estimate of drug-likeness (QED) is 0.219. The van der Waals surface area contributed by atoms with Gasteiger partial charge in [0.15, 0.2) is 11.4 Å². The number of likely N-dealkylation sites (tertiary alicyclic amines) is 1. The Labute approximate surface area is 292 Å². The number of benzene rings is 2. The summed E-state index contributed by atoms with van der Waals surface area (Å²) in [5.41, 5.74) is 2.45. The van der Waals surface area contributed by atoms with Crippen molar-refractivity contribution in [3.05, 3.63) is 90.2 Å². The van der Waals surface area contributed by atoms with Crippen LogP contribution in [0.5, 0.6) is 0 Å². The molecule has 2 aromatic carbocycles. The Morgan fingerprint density at radius 3 is 2.59 bits per heavy atom. The van der Waals surface area contributed by atoms with Crippen LogP contribution in [0, 0.1) is 11.6 Å². The van der Waals surface area contributed by atoms with E-state index in [0.717, 1.165) is 41.3 Å². The van der Waals surface area contributed by atoms with Crippen LogP contribution < -0.4 is 5.32 Å². The molecule has 1 saturated heterocycles. The lowest BCUT2D eigenvalue weighted by Crippen LogP contribution is -2.48. The van der Waals surface area contributed by atoms with Gasteiger partial charge >= 0.3 is 0 Å². The first kappa shape index (κ1) is 32.7. The summed E-state index contributed by atoms with van der Waals surface area (Å²) in [7, 11) is 1.51. The molecule has 2 amide bonds. The summed E-state index contributed by atoms with van der Waals surface area (Å²) >= 11 is 0. The number of halogens is 2. The Kier molecular flexibility index (Phi) is 8.56. The third-order valence-electron chi connectivity index (χ3n) is 9.93. The van der Waals surface area contributed by atoms with Crippen molar-refractivity contribution in [1.29, 1.82) is 0 Å². The van der Waals surface area contributed by atoms with Crippen molar-refractivity contribution < 1.29 is 23.1 Å². The highest BCUT2D eigenvalue weighted by molar-refractivity contribution is 6.01. The van der Waals surface area contributed by atoms with Gasteiger partial charge in [0.1, 0.15) is 23.2 Å². The summed E-state index contributed by atoms with van der Waals surface area (Å²) in [5.74, 6) is -0.264. The lowest BCUT2D eigenvalue weighted by molar-refractivity contribution is -0.138. The van der Waals surface area contributed by atoms with Crippen LogP contribution in [0.4, 0.5) is 14.5 Å². The summed E-state index contributed by atoms with van der Waals surface area (Å²) in [6, 6.07) is 11.3. The lowest BCUT2D eigenvalue weighted by Gasteiger charge is -2.30. The molecule has 12 nitrogen and oxygen atoms in total. The molecule has 0 radical (unpaired) electrons. The number of aromatic amines is 1. The number of anilines is 1. The molecule has 2 fully saturated rings. The van der Waals surface area contributed by atoms with Crippen molar-refractivity contribution >= 4 is 34.0 Å². The van der Waals surface area contributed by atoms with Gasteiger partial charge in [-0.2, -0.15) is 5.10 Å². The fraction of sp³-hybridized carbons (Fsp3) is 0.324. The van der Waals surface area contributed by atoms with Gasteiger partial charge in [0.05, 0.1) is 23.3 Å². The monoisotopic (exact) mass is 691 g/mol. The molecule has 14 heteroatoms. The zero-order valence-electron chi connectivity index (χ0n) is 27.9. The summed E-state index contributed by atoms with van der Waals surface area (Å²) in [4.78, 5) is 47.8. The maximum absolute atomic E-state index is 15.1. The molecule has 1 aliphatic carbocycles. The van der Waals surface area contributed by atoms with E-state index in [2.05, 4.69) is 30.5 Å². The molecule has 1 saturated carbocycles. The van der Waals surface area contributed by atoms with Gasteiger partial charge in [-0.25, -0.2) is 28.7 Å². The van der Waals surface area contributed by atoms with Crippen LogP contribution in [0.15, 0.2) is 67.1 Å². The van der Waals surface area contributed by atoms with E-state index in [-0.39, 0.29) is 48.4 Å². The number of hydrogen-bond acceptors (Lipinski definition) is 9. The number of nitrogens with zero attached hydrogens (tertiary/aromatic N) is 7. The zero-order valence-corrected chi connectivity index (χ0v) is 27.9. The number of hydrogen-bond donors (Lipinski definition) is 2. The van der Waals surface area contributed by atoms with Crippen molar-refractivity contribution in [3.8, 4) is 22.8 Å². The van der Waals surface area contributed by atoms with Crippen molar-refractivity contribution in [2.45, 2.75) is 37.2 Å². The largest absolute Gasteiger partial charge is 0.367 e. The zero-order chi connectivity index (χ0) is 35.1. The number of H-pyrrole nitrogens is 1. The predicted octanol–water partition coefficient (Wildman–Crippen LogP) is 4.98. The van der Waals surface area contributed by atoms with Crippen molar-refractivity contribution in [2.75, 3.05) is 45.2 Å². The predicted molar refractivity (Wildman–Crippen MR) is 185 cm³/mol. The van der Waals surface area contributed by atoms with Gasteiger partial charge in [-0.1, -0.05) is 6.08 Å². The summed E-state index contributed by atoms with van der Waals surface area (Å²) in [5, 5.41) is 11.4. The van der Waals surface area contributed by atoms with Crippen LogP contribution >= 0.6 is 0 Å². The van der Waals surface area contributed by atoms with Gasteiger partial charge in [-0.15, -0.1) is 0 Å². The topological polar surface area (TPSA) is 142 Å². The number of fused-ring (bicyclic) bond motifs is 1. The van der Waals surface area contributed by atoms with E-state index >= 15 is 4.39 Å². The van der Waals surface area contributed by atoms with E-state index < -0.39 is 17.2 Å². The fourth-order valence-electron chi connectivity index (χ4n) is 6.85. The average Bonchev–Trinajstić information content (AvgIpc) is 3.80. The van der Waals surface area contributed by atoms with Gasteiger partial charge in [0.25, 0.3) is 5.91 Å². The molecule has 2 aliphatic heterocycles. The normalized spacial score (nSPS) is 19.4. The molecule has 0 unspecified atom stereocenters. The standard InChI is InChI=1S/C37H35F2N9O3/c1-51-37(36(50)43-24-5-6-30-27(17-24)33(46-45-30)31-7-13-42-34(44-31)23-3-4-23)10-16-47(21-37)20-32(49)48-14-8-22(9-15-48)25-18-29(39)26(19-28(25)38)35-40-11-2-12-41-35/h2,5-8,11-13,17-19,23H,3-4,9-10,14-16,20-21H2,1H3,(H,43,50)(H,45,46)/t37-/m0/s1. The second-order valence-corrected chi connectivity index (χ2v) is 13.2. The van der Waals surface area contributed by atoms with Crippen LogP contribution in [0.25, 0.3) is 39.3 Å². The van der Waals surface area contributed by atoms with Gasteiger partial charge in [0.2, 0.25) is 5.91 Å². The van der Waals surface area contributed by atoms with E-state index in [1.807, 2.05) is 29.2 Å². The molecule has 3 aliphatic rings. The van der Waals surface area contributed by atoms with E-state index in [0.29, 0.717) is 48.8 Å². The molecule has 51 heavy (non-hydrogen) atoms. The molecule has 0 bridgehead atoms. The highest BCUT2D eigenvalue weighted by atomic mass is 19.1. The number of aromatic nitrogens is 6. The van der Waals surface area contributed by atoms with E-state index in [4.69, 9.17) is 9.72 Å². The minimum atomic E-state index is -1.15. The molecule has 1 atom stereocenters. The van der Waals surface area contributed by atoms with Crippen LogP contribution in [0.2, 0.25) is 0 Å². The Morgan fingerprint density at radius 1 is 1.02 bits per heavy atom. The van der Waals surface area contributed by atoms with E-state index in [1.165, 1.54) is 25.6 Å². The van der Waals surface area contributed by atoms with E-state index in [1.54, 1.807) is 23.2 Å². The molecule has 260 valence electrons. The first-order chi connectivity index (χ1) is 24.8. The number of amides is 2. The smallest absolute Gasteiger partial charge is 0.258 e. The Bertz CT molecular complexity index is 2170. The SMILES string of the molecule is CO[C@@]1(C(=O)Nc2ccc3[nH]nc(-c4ccnc(C5CC5)n4)c3c2)CCN(CC(=O)N2CC=C(c3cc(F)c(-c4ncccn4)cc3F)CC2)C1. The maximum atomic E-state index is 15.1. The van der Waals surface area contributed by atoms with Crippen LogP contribution in [-0.2, 0) is 14.3 Å². The summed E-state index contributed by atoms with van der Waals surface area (Å²) in [6.45, 7) is 1.45. The maximum Gasteiger partial charge on any atom is 0.258 e. The Morgan fingerprint density at radius 2 is 1.82 bits per heavy atom. The highest BCUT2D eigenvalue weighted by Crippen LogP contribution is 2.39. The van der Waals surface area contributed by atoms with Crippen LogP contribution in [0.3, 0.4) is 0 Å². The minimum absolute atomic E-state index is 0.00900. The number of ether oxygens (including phenoxy) is 1. The minimum Gasteiger partial charge on any atom is -0.367 e. The molecule has 3 aromatic heterocycles. The number of carbonyl (C=O) groups excluding carboxylic acids is 2. The second-order valence-electron chi connectivity index (χ2n) is 13.2.